The molecular weight excluding hydrogens is 500 g/mol. The number of alkyl halides is 3. The number of thiophene rings is 1. The third kappa shape index (κ3) is 4.59. The van der Waals surface area contributed by atoms with Gasteiger partial charge in [-0.3, -0.25) is 4.79 Å². The maximum Gasteiger partial charge on any atom is 0.435 e. The minimum atomic E-state index is -4.80. The molecular formula is C22H15Cl2F3N2O3S. The normalized spacial score (nSPS) is 18.6. The Morgan fingerprint density at radius 3 is 2.45 bits per heavy atom. The van der Waals surface area contributed by atoms with Gasteiger partial charge < -0.3 is 14.7 Å². The summed E-state index contributed by atoms with van der Waals surface area (Å²) in [6.07, 6.45) is -5.40. The summed E-state index contributed by atoms with van der Waals surface area (Å²) in [5, 5.41) is 9.27. The molecule has 2 atom stereocenters. The third-order valence-electron chi connectivity index (χ3n) is 5.20. The van der Waals surface area contributed by atoms with Gasteiger partial charge in [0.1, 0.15) is 5.38 Å². The molecule has 1 aliphatic heterocycles. The van der Waals surface area contributed by atoms with Crippen LogP contribution in [0.1, 0.15) is 33.5 Å². The van der Waals surface area contributed by atoms with Gasteiger partial charge in [-0.15, -0.1) is 0 Å². The van der Waals surface area contributed by atoms with Crippen molar-refractivity contribution >= 4 is 51.3 Å². The highest BCUT2D eigenvalue weighted by Crippen LogP contribution is 2.49. The largest absolute Gasteiger partial charge is 0.591 e. The number of halogens is 5. The molecule has 33 heavy (non-hydrogen) atoms. The molecule has 0 bridgehead atoms. The predicted molar refractivity (Wildman–Crippen MR) is 121 cm³/mol. The quantitative estimate of drug-likeness (QED) is 0.386. The van der Waals surface area contributed by atoms with Crippen molar-refractivity contribution in [2.24, 2.45) is 5.16 Å². The van der Waals surface area contributed by atoms with E-state index in [0.717, 1.165) is 12.1 Å². The van der Waals surface area contributed by atoms with Crippen LogP contribution in [-0.2, 0) is 10.4 Å². The fourth-order valence-electron chi connectivity index (χ4n) is 3.56. The SMILES string of the molecule is Cc1cc(C2=NOC(c3cc(Cl)cc(Cl)c3)(C(F)(F)F)C2)ccc1C(=O)Nc1cc[s+]([O-])c1. The maximum absolute atomic E-state index is 14.2. The Morgan fingerprint density at radius 2 is 1.88 bits per heavy atom. The van der Waals surface area contributed by atoms with Crippen LogP contribution >= 0.6 is 34.0 Å². The summed E-state index contributed by atoms with van der Waals surface area (Å²) in [7, 11) is -1.27. The fourth-order valence-corrected chi connectivity index (χ4v) is 4.83. The molecule has 3 aromatic rings. The number of carbonyl (C=O) groups is 1. The highest BCUT2D eigenvalue weighted by atomic mass is 35.5. The first-order chi connectivity index (χ1) is 15.5. The molecule has 5 nitrogen and oxygen atoms in total. The van der Waals surface area contributed by atoms with Crippen LogP contribution < -0.4 is 5.32 Å². The van der Waals surface area contributed by atoms with Gasteiger partial charge in [-0.05, 0) is 48.4 Å². The number of benzene rings is 2. The third-order valence-corrected chi connectivity index (χ3v) is 6.53. The lowest BCUT2D eigenvalue weighted by Crippen LogP contribution is -2.42. The number of aryl methyl sites for hydroxylation is 1. The average molecular weight is 515 g/mol. The highest BCUT2D eigenvalue weighted by Gasteiger charge is 2.62. The highest BCUT2D eigenvalue weighted by molar-refractivity contribution is 7.22. The van der Waals surface area contributed by atoms with Gasteiger partial charge in [-0.2, -0.15) is 13.2 Å². The average Bonchev–Trinajstić information content (AvgIpc) is 3.34. The van der Waals surface area contributed by atoms with Crippen molar-refractivity contribution in [3.63, 3.8) is 0 Å². The summed E-state index contributed by atoms with van der Waals surface area (Å²) in [4.78, 5) is 17.5. The molecule has 0 aliphatic carbocycles. The minimum Gasteiger partial charge on any atom is -0.591 e. The summed E-state index contributed by atoms with van der Waals surface area (Å²) in [5.41, 5.74) is -1.31. The van der Waals surface area contributed by atoms with Crippen LogP contribution in [0.25, 0.3) is 0 Å². The Kier molecular flexibility index (Phi) is 6.17. The Balaban J connectivity index is 1.61. The van der Waals surface area contributed by atoms with Crippen molar-refractivity contribution < 1.29 is 27.4 Å². The number of carbonyl (C=O) groups excluding carboxylic acids is 1. The van der Waals surface area contributed by atoms with E-state index >= 15 is 0 Å². The second-order valence-electron chi connectivity index (χ2n) is 7.48. The summed E-state index contributed by atoms with van der Waals surface area (Å²) >= 11 is 11.8. The van der Waals surface area contributed by atoms with Crippen LogP contribution in [0.2, 0.25) is 10.0 Å². The number of hydrogen-bond donors (Lipinski definition) is 1. The molecule has 4 rings (SSSR count). The van der Waals surface area contributed by atoms with Crippen LogP contribution in [0.5, 0.6) is 0 Å². The zero-order chi connectivity index (χ0) is 24.0. The maximum atomic E-state index is 14.2. The van der Waals surface area contributed by atoms with Gasteiger partial charge in [-0.1, -0.05) is 45.2 Å². The fraction of sp³-hybridized carbons (Fsp3) is 0.182. The van der Waals surface area contributed by atoms with Crippen molar-refractivity contribution in [3.05, 3.63) is 85.5 Å². The molecule has 172 valence electrons. The summed E-state index contributed by atoms with van der Waals surface area (Å²) in [6, 6.07) is 9.71. The smallest absolute Gasteiger partial charge is 0.435 e. The Bertz CT molecular complexity index is 1260. The van der Waals surface area contributed by atoms with E-state index < -0.39 is 34.9 Å². The molecule has 1 aliphatic rings. The van der Waals surface area contributed by atoms with E-state index in [2.05, 4.69) is 10.5 Å². The molecule has 1 amide bonds. The summed E-state index contributed by atoms with van der Waals surface area (Å²) in [6.45, 7) is 1.65. The second kappa shape index (κ2) is 8.64. The number of oxime groups is 1. The standard InChI is InChI=1S/C22H15Cl2F3N2O3S/c1-12-6-13(2-3-18(12)20(30)28-17-4-5-33(31)11-17)19-10-21(32-29-19,22(25,26)27)14-7-15(23)9-16(24)8-14/h2-9,11H,10H2,1H3,(H,28,30). The van der Waals surface area contributed by atoms with E-state index in [9.17, 15) is 22.5 Å². The Hall–Kier alpha value is -2.59. The van der Waals surface area contributed by atoms with E-state index in [4.69, 9.17) is 28.0 Å². The van der Waals surface area contributed by atoms with E-state index in [-0.39, 0.29) is 21.3 Å². The molecule has 0 saturated carbocycles. The van der Waals surface area contributed by atoms with Crippen LogP contribution in [-0.4, -0.2) is 22.3 Å². The molecule has 2 unspecified atom stereocenters. The minimum absolute atomic E-state index is 0.0421. The van der Waals surface area contributed by atoms with Crippen molar-refractivity contribution in [2.75, 3.05) is 5.32 Å². The summed E-state index contributed by atoms with van der Waals surface area (Å²) < 4.78 is 53.8. The van der Waals surface area contributed by atoms with Crippen molar-refractivity contribution in [1.29, 1.82) is 0 Å². The first-order valence-electron chi connectivity index (χ1n) is 9.49. The van der Waals surface area contributed by atoms with E-state index in [1.54, 1.807) is 13.0 Å². The molecule has 2 aromatic carbocycles. The van der Waals surface area contributed by atoms with Gasteiger partial charge in [0.05, 0.1) is 11.4 Å². The van der Waals surface area contributed by atoms with Crippen molar-refractivity contribution in [1.82, 2.24) is 0 Å². The van der Waals surface area contributed by atoms with Gasteiger partial charge >= 0.3 is 6.18 Å². The zero-order valence-electron chi connectivity index (χ0n) is 16.9. The van der Waals surface area contributed by atoms with Crippen LogP contribution in [0.4, 0.5) is 18.9 Å². The van der Waals surface area contributed by atoms with Crippen molar-refractivity contribution in [2.45, 2.75) is 25.1 Å². The molecule has 1 aromatic heterocycles. The predicted octanol–water partition coefficient (Wildman–Crippen LogP) is 6.86. The molecule has 2 heterocycles. The molecule has 0 saturated heterocycles. The van der Waals surface area contributed by atoms with Gasteiger partial charge in [0.15, 0.2) is 5.38 Å². The number of hydrogen-bond acceptors (Lipinski definition) is 4. The van der Waals surface area contributed by atoms with Crippen LogP contribution in [0, 0.1) is 6.92 Å². The molecule has 0 fully saturated rings. The second-order valence-corrected chi connectivity index (χ2v) is 9.52. The molecule has 11 heteroatoms. The monoisotopic (exact) mass is 514 g/mol. The molecule has 1 N–H and O–H groups in total. The van der Waals surface area contributed by atoms with E-state index in [0.29, 0.717) is 22.4 Å². The Labute approximate surface area is 199 Å². The molecule has 0 radical (unpaired) electrons. The first kappa shape index (κ1) is 23.6. The zero-order valence-corrected chi connectivity index (χ0v) is 19.2. The summed E-state index contributed by atoms with van der Waals surface area (Å²) in [5.74, 6) is -0.434. The topological polar surface area (TPSA) is 73.8 Å². The number of nitrogens with zero attached hydrogens (tertiary/aromatic N) is 1. The lowest BCUT2D eigenvalue weighted by molar-refractivity contribution is -0.275. The van der Waals surface area contributed by atoms with Crippen LogP contribution in [0.15, 0.2) is 58.4 Å². The molecule has 0 spiro atoms. The van der Waals surface area contributed by atoms with Gasteiger partial charge in [0.2, 0.25) is 0 Å². The number of anilines is 1. The lowest BCUT2D eigenvalue weighted by atomic mass is 9.86. The van der Waals surface area contributed by atoms with E-state index in [1.165, 1.54) is 35.0 Å². The van der Waals surface area contributed by atoms with Gasteiger partial charge in [0.25, 0.3) is 11.5 Å². The number of rotatable bonds is 4. The number of amides is 1. The lowest BCUT2D eigenvalue weighted by Gasteiger charge is -2.29. The van der Waals surface area contributed by atoms with Gasteiger partial charge in [-0.25, -0.2) is 0 Å². The van der Waals surface area contributed by atoms with Crippen LogP contribution in [0.3, 0.4) is 0 Å². The first-order valence-corrected chi connectivity index (χ1v) is 11.5. The van der Waals surface area contributed by atoms with Gasteiger partial charge in [0, 0.05) is 33.7 Å². The van der Waals surface area contributed by atoms with Crippen molar-refractivity contribution in [3.8, 4) is 0 Å². The Morgan fingerprint density at radius 1 is 1.18 bits per heavy atom. The van der Waals surface area contributed by atoms with E-state index in [1.807, 2.05) is 0 Å². The number of nitrogens with one attached hydrogen (secondary N) is 1.